The predicted molar refractivity (Wildman–Crippen MR) is 126 cm³/mol. The summed E-state index contributed by atoms with van der Waals surface area (Å²) >= 11 is 12.4. The Hall–Kier alpha value is -3.88. The Balaban J connectivity index is 1.69. The van der Waals surface area contributed by atoms with Crippen molar-refractivity contribution >= 4 is 58.8 Å². The number of carbonyl (C=O) groups is 4. The normalized spacial score (nSPS) is 15.0. The Bertz CT molecular complexity index is 1390. The van der Waals surface area contributed by atoms with Gasteiger partial charge < -0.3 is 9.15 Å². The average Bonchev–Trinajstić information content (AvgIpc) is 3.27. The number of rotatable bonds is 4. The number of amides is 4. The number of furan rings is 1. The summed E-state index contributed by atoms with van der Waals surface area (Å²) in [6.07, 6.45) is 1.22. The fraction of sp³-hybridized carbons (Fsp3) is 0.0833. The van der Waals surface area contributed by atoms with Crippen molar-refractivity contribution in [3.8, 4) is 11.3 Å². The number of nitrogens with one attached hydrogen (secondary N) is 1. The maximum absolute atomic E-state index is 13.0. The molecule has 1 aromatic heterocycles. The first-order valence-electron chi connectivity index (χ1n) is 9.85. The molecular formula is C24H16Cl2N2O6. The van der Waals surface area contributed by atoms with E-state index < -0.39 is 23.8 Å². The van der Waals surface area contributed by atoms with Crippen LogP contribution in [-0.2, 0) is 14.3 Å². The van der Waals surface area contributed by atoms with Crippen LogP contribution in [0.15, 0.2) is 58.5 Å². The van der Waals surface area contributed by atoms with Crippen molar-refractivity contribution in [2.75, 3.05) is 12.0 Å². The number of esters is 1. The minimum absolute atomic E-state index is 0.157. The highest BCUT2D eigenvalue weighted by Gasteiger charge is 2.37. The van der Waals surface area contributed by atoms with E-state index in [2.05, 4.69) is 5.32 Å². The number of barbiturate groups is 1. The van der Waals surface area contributed by atoms with Gasteiger partial charge in [0.15, 0.2) is 0 Å². The predicted octanol–water partition coefficient (Wildman–Crippen LogP) is 5.01. The van der Waals surface area contributed by atoms with Crippen LogP contribution in [0.3, 0.4) is 0 Å². The van der Waals surface area contributed by atoms with Gasteiger partial charge in [-0.25, -0.2) is 14.5 Å². The van der Waals surface area contributed by atoms with E-state index in [1.165, 1.54) is 43.5 Å². The molecule has 8 nitrogen and oxygen atoms in total. The molecule has 3 aromatic rings. The number of methoxy groups -OCH3 is 1. The van der Waals surface area contributed by atoms with E-state index in [0.29, 0.717) is 21.4 Å². The lowest BCUT2D eigenvalue weighted by atomic mass is 10.1. The molecule has 4 amide bonds. The zero-order chi connectivity index (χ0) is 24.6. The smallest absolute Gasteiger partial charge is 0.337 e. The molecule has 0 radical (unpaired) electrons. The second-order valence-electron chi connectivity index (χ2n) is 7.28. The van der Waals surface area contributed by atoms with Crippen molar-refractivity contribution in [2.45, 2.75) is 6.92 Å². The highest BCUT2D eigenvalue weighted by molar-refractivity contribution is 6.39. The average molecular weight is 499 g/mol. The van der Waals surface area contributed by atoms with Crippen LogP contribution in [0.5, 0.6) is 0 Å². The monoisotopic (exact) mass is 498 g/mol. The molecule has 0 atom stereocenters. The van der Waals surface area contributed by atoms with Gasteiger partial charge in [0.25, 0.3) is 11.8 Å². The van der Waals surface area contributed by atoms with Crippen LogP contribution in [0.1, 0.15) is 21.7 Å². The Kier molecular flexibility index (Phi) is 6.28. The summed E-state index contributed by atoms with van der Waals surface area (Å²) in [7, 11) is 1.26. The molecule has 2 heterocycles. The number of hydrogen-bond acceptors (Lipinski definition) is 6. The molecule has 1 aliphatic rings. The van der Waals surface area contributed by atoms with E-state index in [1.807, 2.05) is 0 Å². The Morgan fingerprint density at radius 3 is 2.50 bits per heavy atom. The molecule has 0 spiro atoms. The molecule has 2 aromatic carbocycles. The van der Waals surface area contributed by atoms with Crippen molar-refractivity contribution in [2.24, 2.45) is 0 Å². The third kappa shape index (κ3) is 4.33. The largest absolute Gasteiger partial charge is 0.465 e. The molecular weight excluding hydrogens is 483 g/mol. The molecule has 0 bridgehead atoms. The Labute approximate surface area is 203 Å². The maximum atomic E-state index is 13.0. The summed E-state index contributed by atoms with van der Waals surface area (Å²) in [5.41, 5.74) is 1.35. The second kappa shape index (κ2) is 9.17. The summed E-state index contributed by atoms with van der Waals surface area (Å²) in [6.45, 7) is 1.78. The van der Waals surface area contributed by atoms with Gasteiger partial charge in [0.1, 0.15) is 17.1 Å². The van der Waals surface area contributed by atoms with Crippen LogP contribution in [0.25, 0.3) is 17.4 Å². The van der Waals surface area contributed by atoms with Crippen molar-refractivity contribution in [3.63, 3.8) is 0 Å². The van der Waals surface area contributed by atoms with E-state index in [1.54, 1.807) is 25.1 Å². The van der Waals surface area contributed by atoms with Crippen LogP contribution in [0, 0.1) is 6.92 Å². The van der Waals surface area contributed by atoms with Crippen molar-refractivity contribution in [1.29, 1.82) is 0 Å². The lowest BCUT2D eigenvalue weighted by Crippen LogP contribution is -2.54. The first-order valence-corrected chi connectivity index (χ1v) is 10.6. The van der Waals surface area contributed by atoms with Gasteiger partial charge in [0.2, 0.25) is 0 Å². The first-order chi connectivity index (χ1) is 16.2. The van der Waals surface area contributed by atoms with Gasteiger partial charge in [-0.3, -0.25) is 14.9 Å². The molecule has 1 aliphatic heterocycles. The SMILES string of the molecule is COC(=O)c1ccc(Cl)c(-c2ccc(/C=C3/C(=O)NC(=O)N(c4ccc(C)c(Cl)c4)C3=O)o2)c1. The minimum atomic E-state index is -0.890. The second-order valence-corrected chi connectivity index (χ2v) is 8.09. The van der Waals surface area contributed by atoms with E-state index in [0.717, 1.165) is 10.5 Å². The number of imide groups is 2. The van der Waals surface area contributed by atoms with Gasteiger partial charge in [-0.15, -0.1) is 0 Å². The molecule has 10 heteroatoms. The van der Waals surface area contributed by atoms with Gasteiger partial charge in [-0.05, 0) is 61.0 Å². The van der Waals surface area contributed by atoms with E-state index in [4.69, 9.17) is 32.4 Å². The molecule has 0 unspecified atom stereocenters. The summed E-state index contributed by atoms with van der Waals surface area (Å²) in [5.74, 6) is -1.79. The summed E-state index contributed by atoms with van der Waals surface area (Å²) in [6, 6.07) is 11.4. The number of ether oxygens (including phenoxy) is 1. The van der Waals surface area contributed by atoms with Gasteiger partial charge in [0.05, 0.1) is 23.4 Å². The summed E-state index contributed by atoms with van der Waals surface area (Å²) in [5, 5.41) is 2.82. The minimum Gasteiger partial charge on any atom is -0.465 e. The summed E-state index contributed by atoms with van der Waals surface area (Å²) in [4.78, 5) is 50.5. The molecule has 1 fully saturated rings. The number of halogens is 2. The highest BCUT2D eigenvalue weighted by Crippen LogP contribution is 2.32. The third-order valence-corrected chi connectivity index (χ3v) is 5.82. The zero-order valence-electron chi connectivity index (χ0n) is 17.8. The molecule has 0 aliphatic carbocycles. The van der Waals surface area contributed by atoms with Crippen molar-refractivity contribution in [1.82, 2.24) is 5.32 Å². The Morgan fingerprint density at radius 1 is 1.03 bits per heavy atom. The van der Waals surface area contributed by atoms with Gasteiger partial charge in [0, 0.05) is 10.6 Å². The van der Waals surface area contributed by atoms with E-state index >= 15 is 0 Å². The molecule has 1 N–H and O–H groups in total. The van der Waals surface area contributed by atoms with Crippen molar-refractivity contribution in [3.05, 3.63) is 81.0 Å². The van der Waals surface area contributed by atoms with Crippen LogP contribution < -0.4 is 10.2 Å². The fourth-order valence-electron chi connectivity index (χ4n) is 3.29. The highest BCUT2D eigenvalue weighted by atomic mass is 35.5. The third-order valence-electron chi connectivity index (χ3n) is 5.08. The van der Waals surface area contributed by atoms with Crippen molar-refractivity contribution < 1.29 is 28.3 Å². The molecule has 34 heavy (non-hydrogen) atoms. The Morgan fingerprint density at radius 2 is 1.79 bits per heavy atom. The number of carbonyl (C=O) groups excluding carboxylic acids is 4. The van der Waals surface area contributed by atoms with Gasteiger partial charge in [-0.2, -0.15) is 0 Å². The lowest BCUT2D eigenvalue weighted by molar-refractivity contribution is -0.122. The quantitative estimate of drug-likeness (QED) is 0.307. The number of hydrogen-bond donors (Lipinski definition) is 1. The number of anilines is 1. The number of aryl methyl sites for hydroxylation is 1. The fourth-order valence-corrected chi connectivity index (χ4v) is 3.67. The molecule has 1 saturated heterocycles. The first kappa shape index (κ1) is 23.3. The number of nitrogens with zero attached hydrogens (tertiary/aromatic N) is 1. The molecule has 172 valence electrons. The van der Waals surface area contributed by atoms with Crippen LogP contribution in [-0.4, -0.2) is 30.9 Å². The van der Waals surface area contributed by atoms with Gasteiger partial charge >= 0.3 is 12.0 Å². The van der Waals surface area contributed by atoms with Crippen LogP contribution in [0.4, 0.5) is 10.5 Å². The number of urea groups is 1. The summed E-state index contributed by atoms with van der Waals surface area (Å²) < 4.78 is 10.5. The molecule has 0 saturated carbocycles. The van der Waals surface area contributed by atoms with Crippen LogP contribution in [0.2, 0.25) is 10.0 Å². The zero-order valence-corrected chi connectivity index (χ0v) is 19.4. The molecule has 4 rings (SSSR count). The maximum Gasteiger partial charge on any atom is 0.337 e. The topological polar surface area (TPSA) is 106 Å². The standard InChI is InChI=1S/C24H16Cl2N2O6/c1-12-3-5-14(10-19(12)26)28-22(30)17(21(29)27-24(28)32)11-15-6-8-20(34-15)16-9-13(23(31)33-2)4-7-18(16)25/h3-11H,1-2H3,(H,27,29,32)/b17-11-. The lowest BCUT2D eigenvalue weighted by Gasteiger charge is -2.26. The number of benzene rings is 2. The van der Waals surface area contributed by atoms with Gasteiger partial charge in [-0.1, -0.05) is 29.3 Å². The van der Waals surface area contributed by atoms with E-state index in [-0.39, 0.29) is 22.6 Å². The van der Waals surface area contributed by atoms with Crippen LogP contribution >= 0.6 is 23.2 Å². The van der Waals surface area contributed by atoms with E-state index in [9.17, 15) is 19.2 Å².